The topological polar surface area (TPSA) is 112 Å². The molecule has 2 N–H and O–H groups in total. The van der Waals surface area contributed by atoms with Crippen molar-refractivity contribution < 1.29 is 41.0 Å². The SMILES string of the molecule is O=C(O)C(F)(F)F.O=C(c1cnn2c1NCC2)N1CCCC(C2(C(F)(F)F)N=N2)C1. The number of alkyl halides is 6. The minimum atomic E-state index is -5.08. The van der Waals surface area contributed by atoms with E-state index in [1.165, 1.54) is 11.1 Å². The van der Waals surface area contributed by atoms with E-state index in [1.54, 1.807) is 4.68 Å². The van der Waals surface area contributed by atoms with E-state index in [1.807, 2.05) is 0 Å². The van der Waals surface area contributed by atoms with Crippen LogP contribution in [0.1, 0.15) is 23.2 Å². The summed E-state index contributed by atoms with van der Waals surface area (Å²) in [5.74, 6) is -3.21. The molecule has 0 aliphatic carbocycles. The summed E-state index contributed by atoms with van der Waals surface area (Å²) in [7, 11) is 0. The summed E-state index contributed by atoms with van der Waals surface area (Å²) < 4.78 is 72.9. The number of aliphatic carboxylic acids is 1. The van der Waals surface area contributed by atoms with Crippen LogP contribution in [0, 0.1) is 5.92 Å². The highest BCUT2D eigenvalue weighted by Crippen LogP contribution is 2.52. The maximum atomic E-state index is 13.1. The number of carbonyl (C=O) groups excluding carboxylic acids is 1. The third kappa shape index (κ3) is 4.05. The second-order valence-electron chi connectivity index (χ2n) is 6.87. The molecule has 3 aliphatic heterocycles. The Bertz CT molecular complexity index is 858. The van der Waals surface area contributed by atoms with E-state index in [0.29, 0.717) is 43.9 Å². The fourth-order valence-electron chi connectivity index (χ4n) is 3.40. The maximum absolute atomic E-state index is 13.1. The van der Waals surface area contributed by atoms with Crippen LogP contribution in [0.4, 0.5) is 32.2 Å². The number of halogens is 6. The van der Waals surface area contributed by atoms with Gasteiger partial charge in [-0.15, -0.1) is 10.2 Å². The van der Waals surface area contributed by atoms with Gasteiger partial charge in [-0.3, -0.25) is 4.79 Å². The van der Waals surface area contributed by atoms with Gasteiger partial charge in [0.1, 0.15) is 11.4 Å². The van der Waals surface area contributed by atoms with Crippen molar-refractivity contribution in [2.24, 2.45) is 16.1 Å². The van der Waals surface area contributed by atoms with Crippen LogP contribution in [0.2, 0.25) is 0 Å². The molecule has 4 heterocycles. The standard InChI is InChI=1S/C13H15F3N6O.C2HF3O2/c14-13(15,16)12(19-20-12)8-2-1-4-21(7-8)11(23)9-6-18-22-5-3-17-10(9)22;3-2(4,5)1(6)7/h6,8,17H,1-5,7H2;(H,6,7). The van der Waals surface area contributed by atoms with Gasteiger partial charge in [-0.2, -0.15) is 31.4 Å². The van der Waals surface area contributed by atoms with Crippen LogP contribution in [-0.4, -0.2) is 69.3 Å². The number of anilines is 1. The van der Waals surface area contributed by atoms with Gasteiger partial charge in [-0.05, 0) is 12.8 Å². The molecule has 0 bridgehead atoms. The third-order valence-electron chi connectivity index (χ3n) is 4.94. The lowest BCUT2D eigenvalue weighted by Crippen LogP contribution is -2.50. The molecule has 1 saturated heterocycles. The first-order valence-corrected chi connectivity index (χ1v) is 8.76. The Morgan fingerprint density at radius 3 is 2.33 bits per heavy atom. The first-order chi connectivity index (χ1) is 13.9. The van der Waals surface area contributed by atoms with E-state index < -0.39 is 29.9 Å². The quantitative estimate of drug-likeness (QED) is 0.684. The Labute approximate surface area is 164 Å². The average molecular weight is 442 g/mol. The molecule has 1 amide bonds. The molecule has 1 aromatic heterocycles. The average Bonchev–Trinajstić information content (AvgIpc) is 3.20. The van der Waals surface area contributed by atoms with Crippen LogP contribution >= 0.6 is 0 Å². The van der Waals surface area contributed by atoms with E-state index in [4.69, 9.17) is 9.90 Å². The Hall–Kier alpha value is -2.87. The number of likely N-dealkylation sites (tertiary alicyclic amines) is 1. The number of piperidine rings is 1. The number of carboxylic acid groups (broad SMARTS) is 1. The number of carboxylic acids is 1. The zero-order chi connectivity index (χ0) is 22.3. The Morgan fingerprint density at radius 1 is 1.17 bits per heavy atom. The summed E-state index contributed by atoms with van der Waals surface area (Å²) in [6.07, 6.45) is -7.24. The second-order valence-corrected chi connectivity index (χ2v) is 6.87. The van der Waals surface area contributed by atoms with E-state index in [2.05, 4.69) is 20.6 Å². The minimum absolute atomic E-state index is 0.00988. The van der Waals surface area contributed by atoms with Gasteiger partial charge in [-0.25, -0.2) is 9.48 Å². The minimum Gasteiger partial charge on any atom is -0.475 e. The summed E-state index contributed by atoms with van der Waals surface area (Å²) in [6, 6.07) is 0. The Kier molecular flexibility index (Phi) is 5.41. The van der Waals surface area contributed by atoms with Gasteiger partial charge in [0.2, 0.25) is 0 Å². The van der Waals surface area contributed by atoms with Crippen LogP contribution in [-0.2, 0) is 11.3 Å². The predicted molar refractivity (Wildman–Crippen MR) is 86.7 cm³/mol. The highest BCUT2D eigenvalue weighted by Gasteiger charge is 2.68. The number of amides is 1. The van der Waals surface area contributed by atoms with Crippen molar-refractivity contribution in [3.05, 3.63) is 11.8 Å². The molecule has 1 unspecified atom stereocenters. The van der Waals surface area contributed by atoms with Gasteiger partial charge < -0.3 is 15.3 Å². The van der Waals surface area contributed by atoms with Crippen molar-refractivity contribution in [3.8, 4) is 0 Å². The number of fused-ring (bicyclic) bond motifs is 1. The zero-order valence-corrected chi connectivity index (χ0v) is 15.2. The molecule has 4 rings (SSSR count). The molecule has 0 aromatic carbocycles. The molecule has 0 radical (unpaired) electrons. The summed E-state index contributed by atoms with van der Waals surface area (Å²) in [5.41, 5.74) is -1.89. The fraction of sp³-hybridized carbons (Fsp3) is 0.667. The van der Waals surface area contributed by atoms with Gasteiger partial charge in [-0.1, -0.05) is 0 Å². The lowest BCUT2D eigenvalue weighted by Gasteiger charge is -2.35. The number of nitrogens with one attached hydrogen (secondary N) is 1. The molecule has 30 heavy (non-hydrogen) atoms. The zero-order valence-electron chi connectivity index (χ0n) is 15.2. The molecule has 1 fully saturated rings. The van der Waals surface area contributed by atoms with Crippen molar-refractivity contribution in [1.82, 2.24) is 14.7 Å². The fourth-order valence-corrected chi connectivity index (χ4v) is 3.40. The van der Waals surface area contributed by atoms with Gasteiger partial charge in [0.05, 0.1) is 12.7 Å². The molecule has 3 aliphatic rings. The number of hydrogen-bond donors (Lipinski definition) is 2. The number of rotatable bonds is 2. The molecular formula is C15H16F6N6O3. The largest absolute Gasteiger partial charge is 0.490 e. The number of carbonyl (C=O) groups is 2. The van der Waals surface area contributed by atoms with E-state index in [-0.39, 0.29) is 12.5 Å². The van der Waals surface area contributed by atoms with E-state index in [9.17, 15) is 31.1 Å². The molecule has 1 aromatic rings. The molecular weight excluding hydrogens is 426 g/mol. The monoisotopic (exact) mass is 442 g/mol. The first-order valence-electron chi connectivity index (χ1n) is 8.76. The Balaban J connectivity index is 0.000000318. The van der Waals surface area contributed by atoms with Crippen LogP contribution in [0.25, 0.3) is 0 Å². The molecule has 1 atom stereocenters. The summed E-state index contributed by atoms with van der Waals surface area (Å²) >= 11 is 0. The number of hydrogen-bond acceptors (Lipinski definition) is 6. The second kappa shape index (κ2) is 7.43. The highest BCUT2D eigenvalue weighted by molar-refractivity contribution is 5.99. The van der Waals surface area contributed by atoms with Crippen LogP contribution in [0.3, 0.4) is 0 Å². The number of nitrogens with zero attached hydrogens (tertiary/aromatic N) is 5. The van der Waals surface area contributed by atoms with E-state index >= 15 is 0 Å². The van der Waals surface area contributed by atoms with Crippen LogP contribution < -0.4 is 5.32 Å². The van der Waals surface area contributed by atoms with Crippen LogP contribution in [0.15, 0.2) is 16.4 Å². The molecule has 0 spiro atoms. The van der Waals surface area contributed by atoms with Crippen molar-refractivity contribution in [2.45, 2.75) is 37.4 Å². The lowest BCUT2D eigenvalue weighted by molar-refractivity contribution is -0.192. The summed E-state index contributed by atoms with van der Waals surface area (Å²) in [5, 5.41) is 20.9. The number of aromatic nitrogens is 2. The highest BCUT2D eigenvalue weighted by atomic mass is 19.4. The summed E-state index contributed by atoms with van der Waals surface area (Å²) in [4.78, 5) is 23.0. The summed E-state index contributed by atoms with van der Waals surface area (Å²) in [6.45, 7) is 1.82. The van der Waals surface area contributed by atoms with Gasteiger partial charge in [0, 0.05) is 25.6 Å². The maximum Gasteiger partial charge on any atom is 0.490 e. The molecule has 9 nitrogen and oxygen atoms in total. The lowest BCUT2D eigenvalue weighted by atomic mass is 9.87. The molecule has 166 valence electrons. The van der Waals surface area contributed by atoms with Gasteiger partial charge >= 0.3 is 18.3 Å². The normalized spacial score (nSPS) is 21.9. The first kappa shape index (κ1) is 21.8. The predicted octanol–water partition coefficient (Wildman–Crippen LogP) is 2.52. The molecule has 0 saturated carbocycles. The smallest absolute Gasteiger partial charge is 0.475 e. The van der Waals surface area contributed by atoms with Crippen LogP contribution in [0.5, 0.6) is 0 Å². The third-order valence-corrected chi connectivity index (χ3v) is 4.94. The van der Waals surface area contributed by atoms with E-state index in [0.717, 1.165) is 0 Å². The van der Waals surface area contributed by atoms with Crippen molar-refractivity contribution in [2.75, 3.05) is 25.0 Å². The van der Waals surface area contributed by atoms with Gasteiger partial charge in [0.15, 0.2) is 0 Å². The molecule has 15 heteroatoms. The Morgan fingerprint density at radius 2 is 1.80 bits per heavy atom. The van der Waals surface area contributed by atoms with Crippen molar-refractivity contribution >= 4 is 17.7 Å². The van der Waals surface area contributed by atoms with Crippen molar-refractivity contribution in [3.63, 3.8) is 0 Å². The van der Waals surface area contributed by atoms with Gasteiger partial charge in [0.25, 0.3) is 11.6 Å². The van der Waals surface area contributed by atoms with Crippen molar-refractivity contribution in [1.29, 1.82) is 0 Å².